The van der Waals surface area contributed by atoms with Gasteiger partial charge in [0.15, 0.2) is 0 Å². The Morgan fingerprint density at radius 2 is 1.18 bits per heavy atom. The summed E-state index contributed by atoms with van der Waals surface area (Å²) in [6.07, 6.45) is 12.3. The second-order valence-electron chi connectivity index (χ2n) is 4.50. The van der Waals surface area contributed by atoms with E-state index in [-0.39, 0.29) is 12.8 Å². The van der Waals surface area contributed by atoms with Crippen molar-refractivity contribution in [2.24, 2.45) is 0 Å². The predicted molar refractivity (Wildman–Crippen MR) is 62.9 cm³/mol. The highest BCUT2D eigenvalue weighted by Gasteiger charge is 2.58. The highest BCUT2D eigenvalue weighted by atomic mass is 16.6. The van der Waals surface area contributed by atoms with Gasteiger partial charge < -0.3 is 20.4 Å². The van der Waals surface area contributed by atoms with Crippen LogP contribution >= 0.6 is 0 Å². The summed E-state index contributed by atoms with van der Waals surface area (Å²) in [4.78, 5) is 0. The lowest BCUT2D eigenvalue weighted by atomic mass is 9.73. The van der Waals surface area contributed by atoms with Crippen molar-refractivity contribution in [3.05, 3.63) is 48.6 Å². The van der Waals surface area contributed by atoms with Crippen LogP contribution in [0.5, 0.6) is 0 Å². The smallest absolute Gasteiger partial charge is 0.230 e. The van der Waals surface area contributed by atoms with Crippen molar-refractivity contribution in [1.29, 1.82) is 0 Å². The average Bonchev–Trinajstić information content (AvgIpc) is 2.30. The van der Waals surface area contributed by atoms with Crippen LogP contribution in [0.3, 0.4) is 0 Å². The standard InChI is InChI=1S/C13H16O4/c14-11(7-3-1-4-8-11)13(16,17)12(15)9-5-2-6-10-12/h1-7,9,14-17H,8,10H2/t11-,12+. The van der Waals surface area contributed by atoms with Crippen LogP contribution in [0.1, 0.15) is 12.8 Å². The summed E-state index contributed by atoms with van der Waals surface area (Å²) in [5.41, 5.74) is -3.79. The number of aliphatic hydroxyl groups is 4. The highest BCUT2D eigenvalue weighted by molar-refractivity contribution is 5.30. The molecule has 0 unspecified atom stereocenters. The van der Waals surface area contributed by atoms with E-state index in [0.717, 1.165) is 0 Å². The van der Waals surface area contributed by atoms with E-state index in [0.29, 0.717) is 0 Å². The Morgan fingerprint density at radius 3 is 1.47 bits per heavy atom. The zero-order valence-corrected chi connectivity index (χ0v) is 9.32. The molecule has 2 aliphatic carbocycles. The first-order valence-corrected chi connectivity index (χ1v) is 5.50. The first-order chi connectivity index (χ1) is 7.91. The van der Waals surface area contributed by atoms with Gasteiger partial charge >= 0.3 is 0 Å². The molecule has 0 saturated carbocycles. The van der Waals surface area contributed by atoms with Gasteiger partial charge in [-0.15, -0.1) is 0 Å². The van der Waals surface area contributed by atoms with Gasteiger partial charge in [0, 0.05) is 12.8 Å². The molecule has 2 atom stereocenters. The lowest BCUT2D eigenvalue weighted by Crippen LogP contribution is -2.66. The molecule has 0 radical (unpaired) electrons. The summed E-state index contributed by atoms with van der Waals surface area (Å²) in [6, 6.07) is 0. The fourth-order valence-corrected chi connectivity index (χ4v) is 2.11. The number of allylic oxidation sites excluding steroid dienone is 4. The van der Waals surface area contributed by atoms with E-state index in [1.807, 2.05) is 0 Å². The molecule has 0 fully saturated rings. The highest BCUT2D eigenvalue weighted by Crippen LogP contribution is 2.40. The molecule has 0 aromatic rings. The van der Waals surface area contributed by atoms with E-state index < -0.39 is 17.0 Å². The fraction of sp³-hybridized carbons (Fsp3) is 0.385. The van der Waals surface area contributed by atoms with E-state index in [2.05, 4.69) is 0 Å². The Morgan fingerprint density at radius 1 is 0.765 bits per heavy atom. The number of hydrogen-bond donors (Lipinski definition) is 4. The van der Waals surface area contributed by atoms with Crippen molar-refractivity contribution >= 4 is 0 Å². The molecule has 2 rings (SSSR count). The van der Waals surface area contributed by atoms with E-state index in [1.54, 1.807) is 24.3 Å². The van der Waals surface area contributed by atoms with Crippen LogP contribution in [-0.4, -0.2) is 37.4 Å². The minimum atomic E-state index is -2.65. The van der Waals surface area contributed by atoms with Gasteiger partial charge in [-0.2, -0.15) is 0 Å². The SMILES string of the molecule is OC(O)([C@@]1(O)C=CC=CC1)[C@]1(O)C=CC=CC1. The minimum Gasteiger partial charge on any atom is -0.380 e. The van der Waals surface area contributed by atoms with Crippen LogP contribution in [0.2, 0.25) is 0 Å². The molecule has 4 heteroatoms. The van der Waals surface area contributed by atoms with Crippen molar-refractivity contribution in [1.82, 2.24) is 0 Å². The lowest BCUT2D eigenvalue weighted by molar-refractivity contribution is -0.324. The zero-order chi connectivity index (χ0) is 12.6. The molecule has 92 valence electrons. The lowest BCUT2D eigenvalue weighted by Gasteiger charge is -2.46. The van der Waals surface area contributed by atoms with Crippen molar-refractivity contribution in [3.63, 3.8) is 0 Å². The second kappa shape index (κ2) is 3.92. The molecule has 0 aromatic carbocycles. The largest absolute Gasteiger partial charge is 0.380 e. The maximum atomic E-state index is 10.3. The first-order valence-electron chi connectivity index (χ1n) is 5.50. The van der Waals surface area contributed by atoms with Crippen molar-refractivity contribution in [2.75, 3.05) is 0 Å². The zero-order valence-electron chi connectivity index (χ0n) is 9.32. The Bertz CT molecular complexity index is 381. The van der Waals surface area contributed by atoms with Crippen molar-refractivity contribution < 1.29 is 20.4 Å². The Kier molecular flexibility index (Phi) is 2.83. The molecular formula is C13H16O4. The molecule has 0 spiro atoms. The molecule has 17 heavy (non-hydrogen) atoms. The van der Waals surface area contributed by atoms with Gasteiger partial charge in [0.25, 0.3) is 0 Å². The van der Waals surface area contributed by atoms with Crippen molar-refractivity contribution in [2.45, 2.75) is 29.8 Å². The summed E-state index contributed by atoms with van der Waals surface area (Å²) < 4.78 is 0. The molecule has 0 aliphatic heterocycles. The van der Waals surface area contributed by atoms with Gasteiger partial charge in [-0.3, -0.25) is 0 Å². The van der Waals surface area contributed by atoms with Crippen LogP contribution in [-0.2, 0) is 0 Å². The maximum absolute atomic E-state index is 10.3. The second-order valence-corrected chi connectivity index (χ2v) is 4.50. The van der Waals surface area contributed by atoms with Gasteiger partial charge in [-0.25, -0.2) is 0 Å². The van der Waals surface area contributed by atoms with Crippen LogP contribution < -0.4 is 0 Å². The molecular weight excluding hydrogens is 220 g/mol. The van der Waals surface area contributed by atoms with E-state index in [1.165, 1.54) is 24.3 Å². The Hall–Kier alpha value is -1.20. The molecule has 2 aliphatic rings. The molecule has 0 saturated heterocycles. The van der Waals surface area contributed by atoms with Crippen LogP contribution in [0.4, 0.5) is 0 Å². The third kappa shape index (κ3) is 1.79. The first kappa shape index (κ1) is 12.3. The summed E-state index contributed by atoms with van der Waals surface area (Å²) in [5.74, 6) is -2.65. The normalized spacial score (nSPS) is 36.5. The van der Waals surface area contributed by atoms with Crippen LogP contribution in [0.15, 0.2) is 48.6 Å². The molecule has 4 nitrogen and oxygen atoms in total. The molecule has 0 aromatic heterocycles. The Balaban J connectivity index is 2.35. The topological polar surface area (TPSA) is 80.9 Å². The third-order valence-electron chi connectivity index (χ3n) is 3.30. The van der Waals surface area contributed by atoms with Gasteiger partial charge in [0.2, 0.25) is 5.79 Å². The summed E-state index contributed by atoms with van der Waals surface area (Å²) in [7, 11) is 0. The quantitative estimate of drug-likeness (QED) is 0.515. The van der Waals surface area contributed by atoms with Gasteiger partial charge in [-0.05, 0) is 12.2 Å². The summed E-state index contributed by atoms with van der Waals surface area (Å²) in [5, 5.41) is 40.9. The van der Waals surface area contributed by atoms with E-state index in [9.17, 15) is 20.4 Å². The monoisotopic (exact) mass is 236 g/mol. The molecule has 0 bridgehead atoms. The van der Waals surface area contributed by atoms with Crippen LogP contribution in [0.25, 0.3) is 0 Å². The third-order valence-corrected chi connectivity index (χ3v) is 3.30. The molecule has 0 amide bonds. The van der Waals surface area contributed by atoms with Gasteiger partial charge in [0.1, 0.15) is 11.2 Å². The van der Waals surface area contributed by atoms with E-state index in [4.69, 9.17) is 0 Å². The summed E-state index contributed by atoms with van der Waals surface area (Å²) >= 11 is 0. The van der Waals surface area contributed by atoms with Gasteiger partial charge in [-0.1, -0.05) is 36.5 Å². The number of hydrogen-bond acceptors (Lipinski definition) is 4. The Labute approximate surface area is 99.5 Å². The summed E-state index contributed by atoms with van der Waals surface area (Å²) in [6.45, 7) is 0. The fourth-order valence-electron chi connectivity index (χ4n) is 2.11. The maximum Gasteiger partial charge on any atom is 0.230 e. The molecule has 0 heterocycles. The van der Waals surface area contributed by atoms with E-state index >= 15 is 0 Å². The van der Waals surface area contributed by atoms with Gasteiger partial charge in [0.05, 0.1) is 0 Å². The number of rotatable bonds is 2. The van der Waals surface area contributed by atoms with Crippen molar-refractivity contribution in [3.8, 4) is 0 Å². The minimum absolute atomic E-state index is 0.0381. The molecule has 4 N–H and O–H groups in total. The predicted octanol–water partition coefficient (Wildman–Crippen LogP) is 0.162. The van der Waals surface area contributed by atoms with Crippen LogP contribution in [0, 0.1) is 0 Å². The average molecular weight is 236 g/mol.